The molecule has 0 saturated carbocycles. The first-order chi connectivity index (χ1) is 13.5. The lowest BCUT2D eigenvalue weighted by Gasteiger charge is -2.27. The van der Waals surface area contributed by atoms with Gasteiger partial charge in [-0.2, -0.15) is 0 Å². The molecule has 1 aliphatic heterocycles. The molecule has 2 N–H and O–H groups in total. The van der Waals surface area contributed by atoms with Gasteiger partial charge in [0, 0.05) is 40.2 Å². The number of amides is 2. The Balaban J connectivity index is 1.73. The van der Waals surface area contributed by atoms with Crippen LogP contribution in [0.2, 0.25) is 0 Å². The number of ether oxygens (including phenoxy) is 1. The number of benzene rings is 1. The largest absolute Gasteiger partial charge is 0.467 e. The SMILES string of the molecule is COc1ncc(C2NC(=O)NC(C)=C2c2nc(-c3ccc(C)cc3)cs2)cn1. The van der Waals surface area contributed by atoms with E-state index in [1.54, 1.807) is 23.7 Å². The second kappa shape index (κ2) is 7.40. The molecule has 28 heavy (non-hydrogen) atoms. The zero-order valence-corrected chi connectivity index (χ0v) is 16.5. The van der Waals surface area contributed by atoms with Crippen LogP contribution in [0.15, 0.2) is 47.7 Å². The van der Waals surface area contributed by atoms with Crippen LogP contribution in [-0.2, 0) is 0 Å². The van der Waals surface area contributed by atoms with Crippen LogP contribution >= 0.6 is 11.3 Å². The highest BCUT2D eigenvalue weighted by Gasteiger charge is 2.30. The van der Waals surface area contributed by atoms with E-state index in [0.29, 0.717) is 0 Å². The smallest absolute Gasteiger partial charge is 0.319 e. The highest BCUT2D eigenvalue weighted by Crippen LogP contribution is 2.37. The number of hydrogen-bond donors (Lipinski definition) is 2. The second-order valence-corrected chi connectivity index (χ2v) is 7.34. The Kier molecular flexibility index (Phi) is 4.79. The standard InChI is InChI=1S/C20H19N5O2S/c1-11-4-6-13(7-5-11)15-10-28-18(24-15)16-12(2)23-19(26)25-17(16)14-8-21-20(27-3)22-9-14/h4-10,17H,1-3H3,(H2,23,25,26). The van der Waals surface area contributed by atoms with Gasteiger partial charge in [0.15, 0.2) is 0 Å². The van der Waals surface area contributed by atoms with Crippen LogP contribution in [0.4, 0.5) is 4.79 Å². The Morgan fingerprint density at radius 3 is 2.50 bits per heavy atom. The van der Waals surface area contributed by atoms with Crippen molar-refractivity contribution in [1.82, 2.24) is 25.6 Å². The number of carbonyl (C=O) groups is 1. The van der Waals surface area contributed by atoms with Crippen molar-refractivity contribution in [2.45, 2.75) is 19.9 Å². The fourth-order valence-electron chi connectivity index (χ4n) is 3.06. The summed E-state index contributed by atoms with van der Waals surface area (Å²) < 4.78 is 5.03. The molecule has 0 aliphatic carbocycles. The van der Waals surface area contributed by atoms with Gasteiger partial charge >= 0.3 is 12.0 Å². The maximum absolute atomic E-state index is 12.1. The molecule has 3 heterocycles. The van der Waals surface area contributed by atoms with Crippen LogP contribution in [0.1, 0.15) is 29.1 Å². The minimum Gasteiger partial charge on any atom is -0.467 e. The molecule has 1 aliphatic rings. The molecule has 0 saturated heterocycles. The van der Waals surface area contributed by atoms with E-state index in [4.69, 9.17) is 9.72 Å². The molecule has 4 rings (SSSR count). The fourth-order valence-corrected chi connectivity index (χ4v) is 4.02. The minimum absolute atomic E-state index is 0.266. The number of urea groups is 1. The molecule has 7 nitrogen and oxygen atoms in total. The Labute approximate surface area is 166 Å². The summed E-state index contributed by atoms with van der Waals surface area (Å²) in [6.45, 7) is 3.93. The highest BCUT2D eigenvalue weighted by atomic mass is 32.1. The lowest BCUT2D eigenvalue weighted by molar-refractivity contribution is 0.240. The van der Waals surface area contributed by atoms with Crippen molar-refractivity contribution in [2.75, 3.05) is 7.11 Å². The monoisotopic (exact) mass is 393 g/mol. The molecular weight excluding hydrogens is 374 g/mol. The number of thiazole rings is 1. The van der Waals surface area contributed by atoms with E-state index in [1.807, 2.05) is 12.3 Å². The van der Waals surface area contributed by atoms with Crippen LogP contribution in [0.5, 0.6) is 6.01 Å². The van der Waals surface area contributed by atoms with Gasteiger partial charge in [-0.3, -0.25) is 0 Å². The van der Waals surface area contributed by atoms with Crippen molar-refractivity contribution in [3.63, 3.8) is 0 Å². The van der Waals surface area contributed by atoms with E-state index < -0.39 is 6.04 Å². The van der Waals surface area contributed by atoms with Crippen molar-refractivity contribution in [1.29, 1.82) is 0 Å². The topological polar surface area (TPSA) is 89.0 Å². The first kappa shape index (κ1) is 18.1. The molecule has 8 heteroatoms. The van der Waals surface area contributed by atoms with Gasteiger partial charge < -0.3 is 15.4 Å². The summed E-state index contributed by atoms with van der Waals surface area (Å²) in [6.07, 6.45) is 3.31. The van der Waals surface area contributed by atoms with Crippen LogP contribution in [-0.4, -0.2) is 28.1 Å². The van der Waals surface area contributed by atoms with Gasteiger partial charge in [-0.25, -0.2) is 19.7 Å². The zero-order valence-electron chi connectivity index (χ0n) is 15.7. The summed E-state index contributed by atoms with van der Waals surface area (Å²) in [5.74, 6) is 0. The van der Waals surface area contributed by atoms with Crippen molar-refractivity contribution < 1.29 is 9.53 Å². The molecule has 3 aromatic rings. The maximum Gasteiger partial charge on any atom is 0.319 e. The number of carbonyl (C=O) groups excluding carboxylic acids is 1. The van der Waals surface area contributed by atoms with Gasteiger partial charge in [0.1, 0.15) is 5.01 Å². The molecule has 2 aromatic heterocycles. The third-order valence-corrected chi connectivity index (χ3v) is 5.39. The molecule has 142 valence electrons. The van der Waals surface area contributed by atoms with Crippen molar-refractivity contribution in [3.8, 4) is 17.3 Å². The minimum atomic E-state index is -0.392. The number of nitrogens with zero attached hydrogens (tertiary/aromatic N) is 3. The third-order valence-electron chi connectivity index (χ3n) is 4.52. The van der Waals surface area contributed by atoms with Crippen molar-refractivity contribution in [2.24, 2.45) is 0 Å². The number of methoxy groups -OCH3 is 1. The molecule has 1 unspecified atom stereocenters. The summed E-state index contributed by atoms with van der Waals surface area (Å²) in [6, 6.07) is 7.88. The van der Waals surface area contributed by atoms with Crippen LogP contribution < -0.4 is 15.4 Å². The number of aryl methyl sites for hydroxylation is 1. The van der Waals surface area contributed by atoms with E-state index >= 15 is 0 Å². The molecule has 1 atom stereocenters. The van der Waals surface area contributed by atoms with E-state index in [2.05, 4.69) is 51.8 Å². The molecule has 2 amide bonds. The van der Waals surface area contributed by atoms with E-state index in [9.17, 15) is 4.79 Å². The number of rotatable bonds is 4. The Morgan fingerprint density at radius 1 is 1.11 bits per heavy atom. The van der Waals surface area contributed by atoms with E-state index in [-0.39, 0.29) is 12.0 Å². The number of aromatic nitrogens is 3. The van der Waals surface area contributed by atoms with Gasteiger partial charge in [0.2, 0.25) is 0 Å². The number of nitrogens with one attached hydrogen (secondary N) is 2. The molecule has 1 aromatic carbocycles. The zero-order chi connectivity index (χ0) is 19.7. The quantitative estimate of drug-likeness (QED) is 0.705. The van der Waals surface area contributed by atoms with Crippen LogP contribution in [0.25, 0.3) is 16.8 Å². The third kappa shape index (κ3) is 3.46. The van der Waals surface area contributed by atoms with E-state index in [1.165, 1.54) is 12.7 Å². The predicted octanol–water partition coefficient (Wildman–Crippen LogP) is 3.70. The molecule has 0 fully saturated rings. The summed E-state index contributed by atoms with van der Waals surface area (Å²) in [5, 5.41) is 8.64. The summed E-state index contributed by atoms with van der Waals surface area (Å²) >= 11 is 1.54. The maximum atomic E-state index is 12.1. The van der Waals surface area contributed by atoms with Gasteiger partial charge in [0.25, 0.3) is 0 Å². The number of allylic oxidation sites excluding steroid dienone is 1. The average Bonchev–Trinajstić information content (AvgIpc) is 3.17. The van der Waals surface area contributed by atoms with Crippen molar-refractivity contribution >= 4 is 22.9 Å². The lowest BCUT2D eigenvalue weighted by atomic mass is 9.98. The van der Waals surface area contributed by atoms with Crippen LogP contribution in [0.3, 0.4) is 0 Å². The summed E-state index contributed by atoms with van der Waals surface area (Å²) in [5.41, 5.74) is 5.59. The van der Waals surface area contributed by atoms with Gasteiger partial charge in [-0.15, -0.1) is 11.3 Å². The first-order valence-electron chi connectivity index (χ1n) is 8.72. The van der Waals surface area contributed by atoms with Gasteiger partial charge in [-0.1, -0.05) is 29.8 Å². The lowest BCUT2D eigenvalue weighted by Crippen LogP contribution is -2.43. The average molecular weight is 393 g/mol. The Bertz CT molecular complexity index is 1040. The second-order valence-electron chi connectivity index (χ2n) is 6.48. The molecule has 0 radical (unpaired) electrons. The highest BCUT2D eigenvalue weighted by molar-refractivity contribution is 7.11. The Hall–Kier alpha value is -3.26. The van der Waals surface area contributed by atoms with E-state index in [0.717, 1.165) is 33.1 Å². The predicted molar refractivity (Wildman–Crippen MR) is 108 cm³/mol. The fraction of sp³-hybridized carbons (Fsp3) is 0.200. The summed E-state index contributed by atoms with van der Waals surface area (Å²) in [4.78, 5) is 25.2. The molecular formula is C20H19N5O2S. The number of hydrogen-bond acceptors (Lipinski definition) is 6. The van der Waals surface area contributed by atoms with Crippen LogP contribution in [0, 0.1) is 6.92 Å². The van der Waals surface area contributed by atoms with Gasteiger partial charge in [0.05, 0.1) is 18.8 Å². The first-order valence-corrected chi connectivity index (χ1v) is 9.60. The Morgan fingerprint density at radius 2 is 1.82 bits per heavy atom. The summed E-state index contributed by atoms with van der Waals surface area (Å²) in [7, 11) is 1.51. The molecule has 0 spiro atoms. The van der Waals surface area contributed by atoms with Crippen molar-refractivity contribution in [3.05, 3.63) is 63.9 Å². The van der Waals surface area contributed by atoms with Gasteiger partial charge in [-0.05, 0) is 13.8 Å². The normalized spacial score (nSPS) is 16.5. The molecule has 0 bridgehead atoms.